The van der Waals surface area contributed by atoms with Gasteiger partial charge in [0.05, 0.1) is 17.1 Å². The number of carbonyl (C=O) groups excluding carboxylic acids is 1. The molecule has 0 aliphatic carbocycles. The molecule has 1 atom stereocenters. The van der Waals surface area contributed by atoms with E-state index in [1.807, 2.05) is 94.9 Å². The summed E-state index contributed by atoms with van der Waals surface area (Å²) in [4.78, 5) is 11.7. The standard InChI is InChI=1S/C29H21ClN4OS/c1-20(35)28-32-34(24-16-10-13-22(30)19-24)29(36-28)26-18-9-8-17-25(26)27(21-11-4-2-5-12-21)31-33(29)23-14-6-3-7-15-23/h2-19H,1H3. The number of carbonyl (C=O) groups is 1. The van der Waals surface area contributed by atoms with Crippen molar-refractivity contribution in [2.45, 2.75) is 11.9 Å². The van der Waals surface area contributed by atoms with Gasteiger partial charge in [-0.2, -0.15) is 10.2 Å². The first-order valence-electron chi connectivity index (χ1n) is 11.5. The normalized spacial score (nSPS) is 18.6. The Kier molecular flexibility index (Phi) is 5.63. The number of hydrogen-bond acceptors (Lipinski definition) is 6. The van der Waals surface area contributed by atoms with Gasteiger partial charge in [-0.05, 0) is 42.1 Å². The molecule has 0 saturated heterocycles. The number of para-hydroxylation sites is 1. The van der Waals surface area contributed by atoms with E-state index in [2.05, 4.69) is 24.3 Å². The van der Waals surface area contributed by atoms with Crippen molar-refractivity contribution in [2.75, 3.05) is 10.0 Å². The summed E-state index contributed by atoms with van der Waals surface area (Å²) in [6, 6.07) is 35.8. The van der Waals surface area contributed by atoms with E-state index in [9.17, 15) is 4.79 Å². The summed E-state index contributed by atoms with van der Waals surface area (Å²) in [6.45, 7) is 1.54. The molecule has 0 bridgehead atoms. The molecule has 0 fully saturated rings. The van der Waals surface area contributed by atoms with Gasteiger partial charge < -0.3 is 0 Å². The maximum atomic E-state index is 12.7. The van der Waals surface area contributed by atoms with Crippen molar-refractivity contribution in [1.29, 1.82) is 0 Å². The predicted molar refractivity (Wildman–Crippen MR) is 149 cm³/mol. The molecule has 0 N–H and O–H groups in total. The number of thioether (sulfide) groups is 1. The first-order valence-corrected chi connectivity index (χ1v) is 12.7. The van der Waals surface area contributed by atoms with Gasteiger partial charge in [0, 0.05) is 28.6 Å². The molecule has 0 amide bonds. The molecule has 6 rings (SSSR count). The first kappa shape index (κ1) is 22.6. The number of fused-ring (bicyclic) bond motifs is 2. The van der Waals surface area contributed by atoms with E-state index >= 15 is 0 Å². The maximum absolute atomic E-state index is 12.7. The Morgan fingerprint density at radius 1 is 0.778 bits per heavy atom. The highest BCUT2D eigenvalue weighted by Gasteiger charge is 2.55. The van der Waals surface area contributed by atoms with Crippen LogP contribution in [0.5, 0.6) is 0 Å². The van der Waals surface area contributed by atoms with E-state index in [1.54, 1.807) is 6.92 Å². The lowest BCUT2D eigenvalue weighted by atomic mass is 9.93. The molecule has 2 heterocycles. The van der Waals surface area contributed by atoms with E-state index in [0.717, 1.165) is 33.8 Å². The third-order valence-corrected chi connectivity index (χ3v) is 7.79. The fraction of sp³-hybridized carbons (Fsp3) is 0.0690. The lowest BCUT2D eigenvalue weighted by Gasteiger charge is -2.47. The zero-order valence-corrected chi connectivity index (χ0v) is 20.9. The number of anilines is 2. The second kappa shape index (κ2) is 8.97. The second-order valence-corrected chi connectivity index (χ2v) is 10.1. The zero-order valence-electron chi connectivity index (χ0n) is 19.4. The number of hydrogen-bond donors (Lipinski definition) is 0. The van der Waals surface area contributed by atoms with Gasteiger partial charge in [0.15, 0.2) is 10.8 Å². The van der Waals surface area contributed by atoms with E-state index < -0.39 is 4.99 Å². The number of nitrogens with zero attached hydrogens (tertiary/aromatic N) is 4. The van der Waals surface area contributed by atoms with Gasteiger partial charge in [-0.15, -0.1) is 0 Å². The van der Waals surface area contributed by atoms with Gasteiger partial charge in [0.2, 0.25) is 4.99 Å². The van der Waals surface area contributed by atoms with Crippen LogP contribution in [0, 0.1) is 0 Å². The first-order chi connectivity index (χ1) is 17.6. The van der Waals surface area contributed by atoms with Crippen LogP contribution in [0.25, 0.3) is 0 Å². The molecule has 0 aromatic heterocycles. The number of benzene rings is 4. The van der Waals surface area contributed by atoms with Gasteiger partial charge in [-0.1, -0.05) is 90.5 Å². The summed E-state index contributed by atoms with van der Waals surface area (Å²) in [5.41, 5.74) is 5.46. The summed E-state index contributed by atoms with van der Waals surface area (Å²) >= 11 is 7.81. The molecule has 1 spiro atoms. The fourth-order valence-electron chi connectivity index (χ4n) is 4.56. The van der Waals surface area contributed by atoms with Crippen LogP contribution >= 0.6 is 23.4 Å². The van der Waals surface area contributed by atoms with Crippen molar-refractivity contribution in [3.8, 4) is 0 Å². The minimum Gasteiger partial charge on any atom is -0.292 e. The Balaban J connectivity index is 1.67. The van der Waals surface area contributed by atoms with Crippen molar-refractivity contribution in [1.82, 2.24) is 0 Å². The van der Waals surface area contributed by atoms with Crippen molar-refractivity contribution in [2.24, 2.45) is 10.2 Å². The highest BCUT2D eigenvalue weighted by atomic mass is 35.5. The highest BCUT2D eigenvalue weighted by Crippen LogP contribution is 2.55. The summed E-state index contributed by atoms with van der Waals surface area (Å²) in [6.07, 6.45) is 0. The van der Waals surface area contributed by atoms with Crippen LogP contribution in [-0.2, 0) is 9.79 Å². The molecule has 5 nitrogen and oxygen atoms in total. The van der Waals surface area contributed by atoms with Crippen LogP contribution in [0.2, 0.25) is 5.02 Å². The Morgan fingerprint density at radius 3 is 2.14 bits per heavy atom. The molecular formula is C29H21ClN4OS. The summed E-state index contributed by atoms with van der Waals surface area (Å²) < 4.78 is 0. The zero-order chi connectivity index (χ0) is 24.7. The summed E-state index contributed by atoms with van der Waals surface area (Å²) in [5, 5.41) is 14.9. The Bertz CT molecular complexity index is 1520. The van der Waals surface area contributed by atoms with Gasteiger partial charge in [0.1, 0.15) is 0 Å². The fourth-order valence-corrected chi connectivity index (χ4v) is 6.04. The molecule has 0 radical (unpaired) electrons. The topological polar surface area (TPSA) is 48.3 Å². The van der Waals surface area contributed by atoms with Crippen LogP contribution in [0.4, 0.5) is 11.4 Å². The van der Waals surface area contributed by atoms with Crippen LogP contribution in [0.1, 0.15) is 23.6 Å². The minimum atomic E-state index is -0.984. The molecule has 7 heteroatoms. The number of hydrazone groups is 2. The largest absolute Gasteiger partial charge is 0.292 e. The SMILES string of the molecule is CC(=O)C1=NN(c2cccc(Cl)c2)C2(S1)c1ccccc1C(c1ccccc1)=NN2c1ccccc1. The smallest absolute Gasteiger partial charge is 0.234 e. The van der Waals surface area contributed by atoms with Crippen molar-refractivity contribution >= 4 is 51.3 Å². The van der Waals surface area contributed by atoms with Gasteiger partial charge >= 0.3 is 0 Å². The monoisotopic (exact) mass is 508 g/mol. The lowest BCUT2D eigenvalue weighted by molar-refractivity contribution is -0.110. The molecule has 176 valence electrons. The van der Waals surface area contributed by atoms with Crippen LogP contribution in [0.15, 0.2) is 119 Å². The van der Waals surface area contributed by atoms with E-state index in [4.69, 9.17) is 21.8 Å². The third-order valence-electron chi connectivity index (χ3n) is 6.14. The maximum Gasteiger partial charge on any atom is 0.234 e. The van der Waals surface area contributed by atoms with Crippen LogP contribution in [0.3, 0.4) is 0 Å². The molecule has 4 aromatic rings. The number of ketones is 1. The molecule has 2 aliphatic heterocycles. The van der Waals surface area contributed by atoms with Crippen molar-refractivity contribution < 1.29 is 4.79 Å². The highest BCUT2D eigenvalue weighted by molar-refractivity contribution is 8.17. The van der Waals surface area contributed by atoms with E-state index in [-0.39, 0.29) is 5.78 Å². The average molecular weight is 509 g/mol. The van der Waals surface area contributed by atoms with Crippen LogP contribution < -0.4 is 10.0 Å². The van der Waals surface area contributed by atoms with Gasteiger partial charge in [0.25, 0.3) is 0 Å². The minimum absolute atomic E-state index is 0.104. The van der Waals surface area contributed by atoms with Crippen molar-refractivity contribution in [3.63, 3.8) is 0 Å². The van der Waals surface area contributed by atoms with E-state index in [0.29, 0.717) is 10.1 Å². The average Bonchev–Trinajstić information content (AvgIpc) is 3.31. The summed E-state index contributed by atoms with van der Waals surface area (Å²) in [5.74, 6) is -0.104. The van der Waals surface area contributed by atoms with Crippen molar-refractivity contribution in [3.05, 3.63) is 131 Å². The Labute approximate surface area is 218 Å². The summed E-state index contributed by atoms with van der Waals surface area (Å²) in [7, 11) is 0. The number of halogens is 1. The number of rotatable bonds is 4. The third kappa shape index (κ3) is 3.61. The van der Waals surface area contributed by atoms with Gasteiger partial charge in [-0.25, -0.2) is 10.0 Å². The van der Waals surface area contributed by atoms with Crippen LogP contribution in [-0.4, -0.2) is 16.5 Å². The number of Topliss-reactive ketones (excluding diaryl/α,β-unsaturated/α-hetero) is 1. The lowest BCUT2D eigenvalue weighted by Crippen LogP contribution is -2.54. The van der Waals surface area contributed by atoms with E-state index in [1.165, 1.54) is 11.8 Å². The molecule has 36 heavy (non-hydrogen) atoms. The second-order valence-electron chi connectivity index (χ2n) is 8.47. The molecule has 2 aliphatic rings. The molecule has 1 unspecified atom stereocenters. The van der Waals surface area contributed by atoms with Gasteiger partial charge in [-0.3, -0.25) is 4.79 Å². The Morgan fingerprint density at radius 2 is 1.42 bits per heavy atom. The predicted octanol–water partition coefficient (Wildman–Crippen LogP) is 6.88. The Hall–Kier alpha value is -3.87. The quantitative estimate of drug-likeness (QED) is 0.301. The molecule has 0 saturated carbocycles. The molecule has 4 aromatic carbocycles. The molecular weight excluding hydrogens is 488 g/mol.